The molecular weight excluding hydrogens is 376 g/mol. The van der Waals surface area contributed by atoms with Crippen LogP contribution in [0.3, 0.4) is 0 Å². The molecule has 0 radical (unpaired) electrons. The van der Waals surface area contributed by atoms with Gasteiger partial charge in [-0.1, -0.05) is 17.8 Å². The zero-order valence-electron chi connectivity index (χ0n) is 15.5. The molecule has 27 heavy (non-hydrogen) atoms. The van der Waals surface area contributed by atoms with Gasteiger partial charge in [0.2, 0.25) is 5.91 Å². The van der Waals surface area contributed by atoms with E-state index in [2.05, 4.69) is 20.0 Å². The first-order chi connectivity index (χ1) is 12.8. The Morgan fingerprint density at radius 3 is 2.44 bits per heavy atom. The summed E-state index contributed by atoms with van der Waals surface area (Å²) in [6.45, 7) is 3.07. The van der Waals surface area contributed by atoms with Crippen LogP contribution in [0.4, 0.5) is 8.78 Å². The molecule has 9 heteroatoms. The number of carbonyl (C=O) groups is 1. The van der Waals surface area contributed by atoms with Crippen LogP contribution in [0.1, 0.15) is 22.5 Å². The Morgan fingerprint density at radius 1 is 1.19 bits per heavy atom. The Morgan fingerprint density at radius 2 is 1.85 bits per heavy atom. The Hall–Kier alpha value is -2.42. The summed E-state index contributed by atoms with van der Waals surface area (Å²) >= 11 is 1.26. The predicted octanol–water partition coefficient (Wildman–Crippen LogP) is 3.42. The number of carbonyl (C=O) groups excluding carboxylic acids is 1. The number of nitrogens with one attached hydrogen (secondary N) is 1. The predicted molar refractivity (Wildman–Crippen MR) is 98.4 cm³/mol. The van der Waals surface area contributed by atoms with Crippen molar-refractivity contribution in [2.24, 2.45) is 0 Å². The van der Waals surface area contributed by atoms with E-state index < -0.39 is 6.61 Å². The summed E-state index contributed by atoms with van der Waals surface area (Å²) in [5.41, 5.74) is 3.52. The van der Waals surface area contributed by atoms with Crippen molar-refractivity contribution in [1.29, 1.82) is 0 Å². The third kappa shape index (κ3) is 6.06. The molecule has 0 aliphatic rings. The average molecular weight is 397 g/mol. The summed E-state index contributed by atoms with van der Waals surface area (Å²) < 4.78 is 34.1. The highest BCUT2D eigenvalue weighted by atomic mass is 32.2. The van der Waals surface area contributed by atoms with Crippen LogP contribution >= 0.6 is 11.8 Å². The number of amides is 1. The maximum Gasteiger partial charge on any atom is 0.387 e. The molecule has 0 fully saturated rings. The maximum absolute atomic E-state index is 12.3. The second-order valence-electron chi connectivity index (χ2n) is 5.73. The minimum atomic E-state index is -2.93. The molecule has 0 bridgehead atoms. The van der Waals surface area contributed by atoms with Crippen molar-refractivity contribution in [2.75, 3.05) is 12.9 Å². The number of alkyl halides is 2. The highest BCUT2D eigenvalue weighted by molar-refractivity contribution is 7.99. The molecule has 0 aliphatic carbocycles. The van der Waals surface area contributed by atoms with Gasteiger partial charge >= 0.3 is 6.61 Å². The summed E-state index contributed by atoms with van der Waals surface area (Å²) in [6, 6.07) is 4.51. The molecule has 1 N–H and O–H groups in total. The average Bonchev–Trinajstić information content (AvgIpc) is 2.62. The van der Waals surface area contributed by atoms with Gasteiger partial charge in [0, 0.05) is 17.9 Å². The lowest BCUT2D eigenvalue weighted by Gasteiger charge is -2.12. The Kier molecular flexibility index (Phi) is 7.35. The molecule has 1 amide bonds. The molecule has 1 aromatic heterocycles. The number of benzene rings is 1. The molecule has 1 aromatic carbocycles. The number of methoxy groups -OCH3 is 1. The second kappa shape index (κ2) is 9.50. The molecule has 0 saturated heterocycles. The molecule has 0 saturated carbocycles. The summed E-state index contributed by atoms with van der Waals surface area (Å²) in [5, 5.41) is 3.32. The van der Waals surface area contributed by atoms with Crippen molar-refractivity contribution in [1.82, 2.24) is 15.3 Å². The molecule has 2 aromatic rings. The molecular formula is C18H21F2N3O3S. The molecule has 1 heterocycles. The third-order valence-electron chi connectivity index (χ3n) is 3.88. The first-order valence-electron chi connectivity index (χ1n) is 8.13. The van der Waals surface area contributed by atoms with E-state index >= 15 is 0 Å². The minimum Gasteiger partial charge on any atom is -0.493 e. The van der Waals surface area contributed by atoms with Crippen LogP contribution in [-0.4, -0.2) is 35.3 Å². The van der Waals surface area contributed by atoms with Crippen molar-refractivity contribution in [3.8, 4) is 11.5 Å². The van der Waals surface area contributed by atoms with Gasteiger partial charge in [0.15, 0.2) is 16.7 Å². The van der Waals surface area contributed by atoms with E-state index in [4.69, 9.17) is 4.74 Å². The van der Waals surface area contributed by atoms with Crippen LogP contribution < -0.4 is 14.8 Å². The first kappa shape index (κ1) is 20.9. The number of hydrogen-bond acceptors (Lipinski definition) is 6. The largest absolute Gasteiger partial charge is 0.493 e. The fraction of sp³-hybridized carbons (Fsp3) is 0.389. The van der Waals surface area contributed by atoms with Crippen LogP contribution in [0.15, 0.2) is 23.4 Å². The van der Waals surface area contributed by atoms with E-state index in [9.17, 15) is 13.6 Å². The Bertz CT molecular complexity index is 795. The first-order valence-corrected chi connectivity index (χ1v) is 9.11. The SMILES string of the molecule is COc1cc(CNC(=O)CSc2nc(C)c(C)c(C)n2)ccc1OC(F)F. The van der Waals surface area contributed by atoms with E-state index in [1.165, 1.54) is 24.9 Å². The molecule has 0 aliphatic heterocycles. The zero-order valence-corrected chi connectivity index (χ0v) is 16.3. The molecule has 0 spiro atoms. The summed E-state index contributed by atoms with van der Waals surface area (Å²) in [6.07, 6.45) is 0. The van der Waals surface area contributed by atoms with E-state index in [0.717, 1.165) is 17.0 Å². The number of thioether (sulfide) groups is 1. The number of hydrogen-bond donors (Lipinski definition) is 1. The highest BCUT2D eigenvalue weighted by Gasteiger charge is 2.12. The monoisotopic (exact) mass is 397 g/mol. The number of rotatable bonds is 8. The number of aromatic nitrogens is 2. The molecule has 0 unspecified atom stereocenters. The van der Waals surface area contributed by atoms with Crippen molar-refractivity contribution < 1.29 is 23.0 Å². The number of nitrogens with zero attached hydrogens (tertiary/aromatic N) is 2. The number of halogens is 2. The Labute approximate surface area is 160 Å². The van der Waals surface area contributed by atoms with Gasteiger partial charge in [-0.15, -0.1) is 0 Å². The molecule has 0 atom stereocenters. The lowest BCUT2D eigenvalue weighted by atomic mass is 10.2. The van der Waals surface area contributed by atoms with Crippen LogP contribution in [0.25, 0.3) is 0 Å². The minimum absolute atomic E-state index is 0.0552. The van der Waals surface area contributed by atoms with Gasteiger partial charge < -0.3 is 14.8 Å². The maximum atomic E-state index is 12.3. The van der Waals surface area contributed by atoms with E-state index in [0.29, 0.717) is 10.7 Å². The van der Waals surface area contributed by atoms with Crippen molar-refractivity contribution >= 4 is 17.7 Å². The van der Waals surface area contributed by atoms with Crippen molar-refractivity contribution in [3.05, 3.63) is 40.7 Å². The van der Waals surface area contributed by atoms with Gasteiger partial charge in [-0.25, -0.2) is 9.97 Å². The van der Waals surface area contributed by atoms with E-state index in [1.54, 1.807) is 12.1 Å². The molecule has 6 nitrogen and oxygen atoms in total. The number of ether oxygens (including phenoxy) is 2. The quantitative estimate of drug-likeness (QED) is 0.544. The fourth-order valence-electron chi connectivity index (χ4n) is 2.20. The van der Waals surface area contributed by atoms with Gasteiger partial charge in [-0.05, 0) is 44.0 Å². The van der Waals surface area contributed by atoms with Crippen LogP contribution in [0.5, 0.6) is 11.5 Å². The summed E-state index contributed by atoms with van der Waals surface area (Å²) in [7, 11) is 1.36. The van der Waals surface area contributed by atoms with E-state index in [1.807, 2.05) is 20.8 Å². The molecule has 2 rings (SSSR count). The summed E-state index contributed by atoms with van der Waals surface area (Å²) in [4.78, 5) is 20.8. The molecule has 146 valence electrons. The summed E-state index contributed by atoms with van der Waals surface area (Å²) in [5.74, 6) is 0.105. The van der Waals surface area contributed by atoms with Gasteiger partial charge in [-0.3, -0.25) is 4.79 Å². The number of aryl methyl sites for hydroxylation is 2. The zero-order chi connectivity index (χ0) is 20.0. The van der Waals surface area contributed by atoms with E-state index in [-0.39, 0.29) is 29.7 Å². The van der Waals surface area contributed by atoms with Crippen LogP contribution in [0.2, 0.25) is 0 Å². The van der Waals surface area contributed by atoms with Gasteiger partial charge in [0.25, 0.3) is 0 Å². The van der Waals surface area contributed by atoms with Crippen LogP contribution in [0, 0.1) is 20.8 Å². The van der Waals surface area contributed by atoms with Gasteiger partial charge in [0.1, 0.15) is 0 Å². The van der Waals surface area contributed by atoms with Gasteiger partial charge in [0.05, 0.1) is 12.9 Å². The second-order valence-corrected chi connectivity index (χ2v) is 6.67. The van der Waals surface area contributed by atoms with Crippen molar-refractivity contribution in [2.45, 2.75) is 39.1 Å². The standard InChI is InChI=1S/C18H21F2N3O3S/c1-10-11(2)22-18(23-12(10)3)27-9-16(24)21-8-13-5-6-14(26-17(19)20)15(7-13)25-4/h5-7,17H,8-9H2,1-4H3,(H,21,24). The normalized spacial score (nSPS) is 10.8. The van der Waals surface area contributed by atoms with Crippen LogP contribution in [-0.2, 0) is 11.3 Å². The lowest BCUT2D eigenvalue weighted by Crippen LogP contribution is -2.24. The third-order valence-corrected chi connectivity index (χ3v) is 4.73. The fourth-order valence-corrected chi connectivity index (χ4v) is 2.97. The lowest BCUT2D eigenvalue weighted by molar-refractivity contribution is -0.118. The topological polar surface area (TPSA) is 73.3 Å². The highest BCUT2D eigenvalue weighted by Crippen LogP contribution is 2.29. The smallest absolute Gasteiger partial charge is 0.387 e. The van der Waals surface area contributed by atoms with Crippen molar-refractivity contribution in [3.63, 3.8) is 0 Å². The van der Waals surface area contributed by atoms with Gasteiger partial charge in [-0.2, -0.15) is 8.78 Å². The Balaban J connectivity index is 1.90.